The summed E-state index contributed by atoms with van der Waals surface area (Å²) in [6.45, 7) is 3.45. The number of carbonyl (C=O) groups is 1. The maximum atomic E-state index is 12.7. The minimum absolute atomic E-state index is 0.0739. The molecule has 0 spiro atoms. The van der Waals surface area contributed by atoms with E-state index in [2.05, 4.69) is 6.92 Å². The molecule has 1 aliphatic heterocycles. The van der Waals surface area contributed by atoms with Crippen LogP contribution in [0.4, 0.5) is 11.4 Å². The Morgan fingerprint density at radius 3 is 2.64 bits per heavy atom. The van der Waals surface area contributed by atoms with Crippen LogP contribution in [0.3, 0.4) is 0 Å². The molecule has 0 bridgehead atoms. The first-order valence-corrected chi connectivity index (χ1v) is 10.7. The van der Waals surface area contributed by atoms with Crippen molar-refractivity contribution in [3.8, 4) is 5.75 Å². The summed E-state index contributed by atoms with van der Waals surface area (Å²) in [6, 6.07) is 10.6. The van der Waals surface area contributed by atoms with Crippen LogP contribution in [-0.4, -0.2) is 31.1 Å². The van der Waals surface area contributed by atoms with Gasteiger partial charge in [0.2, 0.25) is 0 Å². The zero-order valence-electron chi connectivity index (χ0n) is 18.4. The first-order chi connectivity index (χ1) is 15.9. The normalized spacial score (nSPS) is 14.3. The van der Waals surface area contributed by atoms with Gasteiger partial charge in [0.25, 0.3) is 5.69 Å². The third-order valence-electron chi connectivity index (χ3n) is 5.93. The molecule has 0 saturated carbocycles. The van der Waals surface area contributed by atoms with Crippen LogP contribution in [0.15, 0.2) is 51.7 Å². The van der Waals surface area contributed by atoms with Crippen LogP contribution in [0.5, 0.6) is 5.75 Å². The summed E-state index contributed by atoms with van der Waals surface area (Å²) in [4.78, 5) is 37.8. The highest BCUT2D eigenvalue weighted by Crippen LogP contribution is 2.32. The highest BCUT2D eigenvalue weighted by molar-refractivity contribution is 5.91. The number of benzene rings is 2. The molecular weight excluding hydrogens is 428 g/mol. The summed E-state index contributed by atoms with van der Waals surface area (Å²) in [5.74, 6) is 0.398. The first kappa shape index (κ1) is 22.3. The summed E-state index contributed by atoms with van der Waals surface area (Å²) < 4.78 is 15.7. The zero-order valence-corrected chi connectivity index (χ0v) is 18.4. The van der Waals surface area contributed by atoms with Gasteiger partial charge in [-0.1, -0.05) is 6.92 Å². The second kappa shape index (κ2) is 9.32. The Hall–Kier alpha value is -3.88. The van der Waals surface area contributed by atoms with Crippen LogP contribution in [0, 0.1) is 16.0 Å². The van der Waals surface area contributed by atoms with E-state index in [-0.39, 0.29) is 17.9 Å². The van der Waals surface area contributed by atoms with Gasteiger partial charge in [0.05, 0.1) is 17.6 Å². The van der Waals surface area contributed by atoms with Crippen molar-refractivity contribution in [1.29, 1.82) is 0 Å². The average Bonchev–Trinajstić information content (AvgIpc) is 2.81. The highest BCUT2D eigenvalue weighted by Gasteiger charge is 2.25. The minimum Gasteiger partial charge on any atom is -0.497 e. The van der Waals surface area contributed by atoms with Crippen molar-refractivity contribution in [3.63, 3.8) is 0 Å². The van der Waals surface area contributed by atoms with Crippen LogP contribution in [0.2, 0.25) is 0 Å². The first-order valence-electron chi connectivity index (χ1n) is 10.7. The van der Waals surface area contributed by atoms with Gasteiger partial charge in [-0.3, -0.25) is 10.1 Å². The standard InChI is InChI=1S/C24H24N2O7/c1-15-7-9-25(10-8-15)20-6-3-16(11-21(20)26(29)30)24(28)32-14-17-12-23(27)33-22-13-18(31-2)4-5-19(17)22/h3-6,11-13,15H,7-10,14H2,1-2H3. The van der Waals surface area contributed by atoms with Crippen molar-refractivity contribution in [2.45, 2.75) is 26.4 Å². The summed E-state index contributed by atoms with van der Waals surface area (Å²) in [6.07, 6.45) is 1.93. The number of piperidine rings is 1. The SMILES string of the molecule is COc1ccc2c(COC(=O)c3ccc(N4CCC(C)CC4)c([N+](=O)[O-])c3)cc(=O)oc2c1. The summed E-state index contributed by atoms with van der Waals surface area (Å²) in [5, 5.41) is 12.3. The zero-order chi connectivity index (χ0) is 23.5. The van der Waals surface area contributed by atoms with Crippen molar-refractivity contribution in [2.75, 3.05) is 25.1 Å². The number of hydrogen-bond acceptors (Lipinski definition) is 8. The molecule has 0 amide bonds. The lowest BCUT2D eigenvalue weighted by Gasteiger charge is -2.31. The monoisotopic (exact) mass is 452 g/mol. The second-order valence-electron chi connectivity index (χ2n) is 8.16. The van der Waals surface area contributed by atoms with Crippen molar-refractivity contribution in [2.24, 2.45) is 5.92 Å². The van der Waals surface area contributed by atoms with Gasteiger partial charge < -0.3 is 18.8 Å². The molecule has 9 nitrogen and oxygen atoms in total. The number of nitro groups is 1. The van der Waals surface area contributed by atoms with Crippen LogP contribution in [-0.2, 0) is 11.3 Å². The molecule has 0 aliphatic carbocycles. The molecule has 3 aromatic rings. The molecule has 1 aliphatic rings. The van der Waals surface area contributed by atoms with E-state index >= 15 is 0 Å². The van der Waals surface area contributed by atoms with E-state index in [1.54, 1.807) is 24.3 Å². The third kappa shape index (κ3) is 4.82. The summed E-state index contributed by atoms with van der Waals surface area (Å²) in [5.41, 5.74) is 0.637. The Balaban J connectivity index is 1.55. The van der Waals surface area contributed by atoms with E-state index in [4.69, 9.17) is 13.9 Å². The fourth-order valence-electron chi connectivity index (χ4n) is 4.00. The Bertz CT molecular complexity index is 1260. The molecule has 0 radical (unpaired) electrons. The van der Waals surface area contributed by atoms with Crippen molar-refractivity contribution < 1.29 is 23.6 Å². The van der Waals surface area contributed by atoms with Crippen molar-refractivity contribution in [1.82, 2.24) is 0 Å². The predicted octanol–water partition coefficient (Wildman–Crippen LogP) is 4.30. The molecule has 0 N–H and O–H groups in total. The molecule has 0 atom stereocenters. The predicted molar refractivity (Wildman–Crippen MR) is 122 cm³/mol. The van der Waals surface area contributed by atoms with Crippen LogP contribution < -0.4 is 15.3 Å². The number of nitro benzene ring substituents is 1. The fourth-order valence-corrected chi connectivity index (χ4v) is 4.00. The molecule has 1 aromatic heterocycles. The summed E-state index contributed by atoms with van der Waals surface area (Å²) in [7, 11) is 1.50. The van der Waals surface area contributed by atoms with Gasteiger partial charge in [-0.05, 0) is 43.0 Å². The third-order valence-corrected chi connectivity index (χ3v) is 5.93. The van der Waals surface area contributed by atoms with Gasteiger partial charge in [-0.25, -0.2) is 9.59 Å². The Morgan fingerprint density at radius 1 is 1.18 bits per heavy atom. The quantitative estimate of drug-likeness (QED) is 0.235. The molecule has 2 heterocycles. The minimum atomic E-state index is -0.716. The number of esters is 1. The number of ether oxygens (including phenoxy) is 2. The van der Waals surface area contributed by atoms with Crippen LogP contribution >= 0.6 is 0 Å². The lowest BCUT2D eigenvalue weighted by molar-refractivity contribution is -0.384. The molecular formula is C24H24N2O7. The van der Waals surface area contributed by atoms with Crippen molar-refractivity contribution in [3.05, 3.63) is 74.1 Å². The van der Waals surface area contributed by atoms with Crippen molar-refractivity contribution >= 4 is 28.3 Å². The van der Waals surface area contributed by atoms with Gasteiger partial charge in [0.15, 0.2) is 0 Å². The Kier molecular flexibility index (Phi) is 6.30. The average molecular weight is 452 g/mol. The molecule has 1 saturated heterocycles. The molecule has 172 valence electrons. The van der Waals surface area contributed by atoms with Gasteiger partial charge in [-0.15, -0.1) is 0 Å². The van der Waals surface area contributed by atoms with E-state index in [1.165, 1.54) is 25.3 Å². The highest BCUT2D eigenvalue weighted by atomic mass is 16.6. The van der Waals surface area contributed by atoms with Gasteiger partial charge in [0.1, 0.15) is 23.6 Å². The second-order valence-corrected chi connectivity index (χ2v) is 8.16. The smallest absolute Gasteiger partial charge is 0.338 e. The molecule has 2 aromatic carbocycles. The van der Waals surface area contributed by atoms with Crippen LogP contribution in [0.1, 0.15) is 35.7 Å². The topological polar surface area (TPSA) is 112 Å². The fraction of sp³-hybridized carbons (Fsp3) is 0.333. The van der Waals surface area contributed by atoms with E-state index in [0.29, 0.717) is 33.9 Å². The molecule has 33 heavy (non-hydrogen) atoms. The van der Waals surface area contributed by atoms with E-state index in [9.17, 15) is 19.7 Å². The van der Waals surface area contributed by atoms with Gasteiger partial charge in [0, 0.05) is 42.2 Å². The lowest BCUT2D eigenvalue weighted by atomic mass is 9.98. The maximum absolute atomic E-state index is 12.7. The van der Waals surface area contributed by atoms with Gasteiger partial charge >= 0.3 is 11.6 Å². The number of anilines is 1. The summed E-state index contributed by atoms with van der Waals surface area (Å²) >= 11 is 0. The number of hydrogen-bond donors (Lipinski definition) is 0. The number of fused-ring (bicyclic) bond motifs is 1. The Labute approximate surface area is 189 Å². The van der Waals surface area contributed by atoms with Crippen LogP contribution in [0.25, 0.3) is 11.0 Å². The molecule has 0 unspecified atom stereocenters. The number of carbonyl (C=O) groups excluding carboxylic acids is 1. The lowest BCUT2D eigenvalue weighted by Crippen LogP contribution is -2.33. The van der Waals surface area contributed by atoms with E-state index in [0.717, 1.165) is 25.9 Å². The van der Waals surface area contributed by atoms with E-state index < -0.39 is 16.5 Å². The number of methoxy groups -OCH3 is 1. The van der Waals surface area contributed by atoms with E-state index in [1.807, 2.05) is 4.90 Å². The largest absolute Gasteiger partial charge is 0.497 e. The Morgan fingerprint density at radius 2 is 1.94 bits per heavy atom. The molecule has 1 fully saturated rings. The number of nitrogens with zero attached hydrogens (tertiary/aromatic N) is 2. The molecule has 4 rings (SSSR count). The van der Waals surface area contributed by atoms with Gasteiger partial charge in [-0.2, -0.15) is 0 Å². The molecule has 9 heteroatoms. The number of rotatable bonds is 6. The maximum Gasteiger partial charge on any atom is 0.338 e.